The molecule has 1 amide bonds. The van der Waals surface area contributed by atoms with E-state index in [1.54, 1.807) is 12.4 Å². The molecule has 4 aromatic rings. The molecule has 5 rings (SSSR count). The molecule has 2 N–H and O–H groups in total. The third-order valence-electron chi connectivity index (χ3n) is 6.18. The van der Waals surface area contributed by atoms with E-state index in [0.717, 1.165) is 54.7 Å². The Morgan fingerprint density at radius 2 is 2.06 bits per heavy atom. The Bertz CT molecular complexity index is 1290. The van der Waals surface area contributed by atoms with Crippen LogP contribution in [-0.4, -0.2) is 40.2 Å². The molecule has 0 saturated heterocycles. The number of hydrogen-bond acceptors (Lipinski definition) is 7. The van der Waals surface area contributed by atoms with Crippen molar-refractivity contribution in [1.29, 1.82) is 0 Å². The van der Waals surface area contributed by atoms with Crippen LogP contribution in [0.3, 0.4) is 0 Å². The van der Waals surface area contributed by atoms with Gasteiger partial charge in [-0.25, -0.2) is 15.0 Å². The van der Waals surface area contributed by atoms with E-state index in [-0.39, 0.29) is 11.9 Å². The van der Waals surface area contributed by atoms with Gasteiger partial charge in [-0.2, -0.15) is 0 Å². The van der Waals surface area contributed by atoms with Crippen molar-refractivity contribution in [1.82, 2.24) is 39.6 Å². The van der Waals surface area contributed by atoms with Gasteiger partial charge in [0.25, 0.3) is 5.91 Å². The van der Waals surface area contributed by atoms with E-state index in [1.807, 2.05) is 48.1 Å². The number of rotatable bonds is 10. The van der Waals surface area contributed by atoms with Crippen LogP contribution >= 0.6 is 0 Å². The topological polar surface area (TPSA) is 115 Å². The maximum atomic E-state index is 13.1. The lowest BCUT2D eigenvalue weighted by molar-refractivity contribution is 0.0929. The van der Waals surface area contributed by atoms with Gasteiger partial charge in [0.05, 0.1) is 12.6 Å². The lowest BCUT2D eigenvalue weighted by Gasteiger charge is -2.18. The van der Waals surface area contributed by atoms with Gasteiger partial charge in [0, 0.05) is 43.4 Å². The van der Waals surface area contributed by atoms with Crippen molar-refractivity contribution >= 4 is 11.6 Å². The average Bonchev–Trinajstić information content (AvgIpc) is 3.52. The maximum Gasteiger partial charge on any atom is 0.251 e. The summed E-state index contributed by atoms with van der Waals surface area (Å²) >= 11 is 0. The Hall–Kier alpha value is -4.08. The van der Waals surface area contributed by atoms with Gasteiger partial charge in [0.2, 0.25) is 0 Å². The minimum absolute atomic E-state index is 0.0769. The second-order valence-corrected chi connectivity index (χ2v) is 8.81. The molecular formula is C25H29N9O. The maximum absolute atomic E-state index is 13.1. The first-order valence-electron chi connectivity index (χ1n) is 11.9. The quantitative estimate of drug-likeness (QED) is 0.364. The largest absolute Gasteiger partial charge is 0.378 e. The first kappa shape index (κ1) is 22.7. The zero-order valence-corrected chi connectivity index (χ0v) is 19.9. The normalized spacial score (nSPS) is 14.0. The molecule has 1 aliphatic carbocycles. The number of benzene rings is 1. The second kappa shape index (κ2) is 10.0. The summed E-state index contributed by atoms with van der Waals surface area (Å²) in [6.45, 7) is 3.37. The fraction of sp³-hybridized carbons (Fsp3) is 0.360. The van der Waals surface area contributed by atoms with Crippen LogP contribution in [0.25, 0.3) is 11.5 Å². The Labute approximate surface area is 203 Å². The molecule has 0 spiro atoms. The average molecular weight is 472 g/mol. The number of amides is 1. The zero-order chi connectivity index (χ0) is 24.2. The van der Waals surface area contributed by atoms with Crippen LogP contribution < -0.4 is 10.6 Å². The van der Waals surface area contributed by atoms with Crippen LogP contribution in [0.5, 0.6) is 0 Å². The van der Waals surface area contributed by atoms with Gasteiger partial charge in [0.15, 0.2) is 11.6 Å². The van der Waals surface area contributed by atoms with Crippen LogP contribution in [0, 0.1) is 5.92 Å². The molecule has 10 nitrogen and oxygen atoms in total. The molecule has 1 saturated carbocycles. The molecule has 3 aromatic heterocycles. The van der Waals surface area contributed by atoms with Gasteiger partial charge in [-0.05, 0) is 49.4 Å². The summed E-state index contributed by atoms with van der Waals surface area (Å²) in [6.07, 6.45) is 10.0. The third-order valence-corrected chi connectivity index (χ3v) is 6.18. The van der Waals surface area contributed by atoms with Crippen LogP contribution in [0.2, 0.25) is 0 Å². The van der Waals surface area contributed by atoms with Crippen molar-refractivity contribution in [2.45, 2.75) is 45.3 Å². The summed E-state index contributed by atoms with van der Waals surface area (Å²) in [6, 6.07) is 9.27. The van der Waals surface area contributed by atoms with Crippen LogP contribution in [-0.2, 0) is 20.1 Å². The van der Waals surface area contributed by atoms with Crippen LogP contribution in [0.15, 0.2) is 55.2 Å². The highest BCUT2D eigenvalue weighted by Crippen LogP contribution is 2.40. The zero-order valence-electron chi connectivity index (χ0n) is 19.9. The monoisotopic (exact) mass is 471 g/mol. The van der Waals surface area contributed by atoms with Crippen molar-refractivity contribution in [2.24, 2.45) is 13.0 Å². The smallest absolute Gasteiger partial charge is 0.251 e. The Morgan fingerprint density at radius 1 is 1.17 bits per heavy atom. The molecule has 0 aliphatic heterocycles. The minimum atomic E-state index is -0.103. The molecule has 10 heteroatoms. The van der Waals surface area contributed by atoms with Gasteiger partial charge in [0.1, 0.15) is 17.8 Å². The van der Waals surface area contributed by atoms with Crippen molar-refractivity contribution in [3.8, 4) is 11.5 Å². The van der Waals surface area contributed by atoms with E-state index in [1.165, 1.54) is 6.33 Å². The number of imidazole rings is 1. The van der Waals surface area contributed by atoms with Crippen LogP contribution in [0.4, 0.5) is 5.69 Å². The summed E-state index contributed by atoms with van der Waals surface area (Å²) in [5.74, 6) is 2.76. The van der Waals surface area contributed by atoms with Crippen molar-refractivity contribution in [2.75, 3.05) is 5.32 Å². The molecule has 1 aliphatic rings. The molecule has 180 valence electrons. The van der Waals surface area contributed by atoms with Crippen molar-refractivity contribution in [3.05, 3.63) is 72.5 Å². The summed E-state index contributed by atoms with van der Waals surface area (Å²) in [5.41, 5.74) is 2.18. The Morgan fingerprint density at radius 3 is 2.77 bits per heavy atom. The van der Waals surface area contributed by atoms with Gasteiger partial charge < -0.3 is 19.8 Å². The fourth-order valence-electron chi connectivity index (χ4n) is 4.21. The number of nitrogens with zero attached hydrogens (tertiary/aromatic N) is 7. The molecular weight excluding hydrogens is 442 g/mol. The van der Waals surface area contributed by atoms with Gasteiger partial charge >= 0.3 is 0 Å². The van der Waals surface area contributed by atoms with E-state index in [0.29, 0.717) is 18.0 Å². The van der Waals surface area contributed by atoms with Crippen molar-refractivity contribution in [3.63, 3.8) is 0 Å². The highest BCUT2D eigenvalue weighted by Gasteiger charge is 2.35. The lowest BCUT2D eigenvalue weighted by atomic mass is 10.1. The predicted octanol–water partition coefficient (Wildman–Crippen LogP) is 3.37. The van der Waals surface area contributed by atoms with Crippen molar-refractivity contribution < 1.29 is 4.79 Å². The number of aromatic nitrogens is 7. The Balaban J connectivity index is 1.29. The van der Waals surface area contributed by atoms with E-state index < -0.39 is 0 Å². The van der Waals surface area contributed by atoms with Gasteiger partial charge in [-0.1, -0.05) is 13.0 Å². The molecule has 3 heterocycles. The molecule has 35 heavy (non-hydrogen) atoms. The number of carbonyl (C=O) groups is 1. The number of aryl methyl sites for hydroxylation is 1. The molecule has 0 bridgehead atoms. The lowest BCUT2D eigenvalue weighted by Crippen LogP contribution is -2.31. The molecule has 0 radical (unpaired) electrons. The number of anilines is 1. The highest BCUT2D eigenvalue weighted by atomic mass is 16.1. The van der Waals surface area contributed by atoms with E-state index in [2.05, 4.69) is 47.3 Å². The molecule has 1 aromatic carbocycles. The SMILES string of the molecule is CCCn1c(CNc2cccc(C(=O)N[C@H](c3nccn3C)C3CC3)c2)nnc1-c1ccncn1. The molecule has 0 unspecified atom stereocenters. The standard InChI is InChI=1S/C25H29N9O/c1-3-12-34-21(31-32-23(34)20-9-10-26-16-29-20)15-28-19-6-4-5-18(14-19)25(35)30-22(17-7-8-17)24-27-11-13-33(24)2/h4-6,9-11,13-14,16-17,22,28H,3,7-8,12,15H2,1-2H3,(H,30,35)/t22-/m0/s1. The number of hydrogen-bond donors (Lipinski definition) is 2. The number of nitrogens with one attached hydrogen (secondary N) is 2. The first-order valence-corrected chi connectivity index (χ1v) is 11.9. The van der Waals surface area contributed by atoms with E-state index >= 15 is 0 Å². The van der Waals surface area contributed by atoms with Crippen LogP contribution in [0.1, 0.15) is 54.2 Å². The first-order chi connectivity index (χ1) is 17.1. The van der Waals surface area contributed by atoms with E-state index in [9.17, 15) is 4.79 Å². The highest BCUT2D eigenvalue weighted by molar-refractivity contribution is 5.95. The third kappa shape index (κ3) is 5.06. The fourth-order valence-corrected chi connectivity index (χ4v) is 4.21. The summed E-state index contributed by atoms with van der Waals surface area (Å²) in [5, 5.41) is 15.3. The minimum Gasteiger partial charge on any atom is -0.378 e. The van der Waals surface area contributed by atoms with Gasteiger partial charge in [-0.15, -0.1) is 10.2 Å². The Kier molecular flexibility index (Phi) is 6.51. The summed E-state index contributed by atoms with van der Waals surface area (Å²) < 4.78 is 4.04. The second-order valence-electron chi connectivity index (χ2n) is 8.81. The summed E-state index contributed by atoms with van der Waals surface area (Å²) in [7, 11) is 1.96. The summed E-state index contributed by atoms with van der Waals surface area (Å²) in [4.78, 5) is 25.9. The van der Waals surface area contributed by atoms with Gasteiger partial charge in [-0.3, -0.25) is 4.79 Å². The number of carbonyl (C=O) groups excluding carboxylic acids is 1. The van der Waals surface area contributed by atoms with E-state index in [4.69, 9.17) is 0 Å². The molecule has 1 atom stereocenters. The predicted molar refractivity (Wildman–Crippen MR) is 131 cm³/mol. The molecule has 1 fully saturated rings.